The highest BCUT2D eigenvalue weighted by Gasteiger charge is 2.29. The van der Waals surface area contributed by atoms with Crippen LogP contribution >= 0.6 is 0 Å². The fourth-order valence-corrected chi connectivity index (χ4v) is 2.38. The van der Waals surface area contributed by atoms with Gasteiger partial charge in [0.1, 0.15) is 0 Å². The third-order valence-corrected chi connectivity index (χ3v) is 3.83. The predicted molar refractivity (Wildman–Crippen MR) is 96.7 cm³/mol. The van der Waals surface area contributed by atoms with E-state index in [2.05, 4.69) is 5.32 Å². The van der Waals surface area contributed by atoms with Gasteiger partial charge in [0, 0.05) is 12.6 Å². The topological polar surface area (TPSA) is 47.6 Å². The molecule has 0 heterocycles. The Balaban J connectivity index is 1.85. The molecule has 0 saturated carbocycles. The summed E-state index contributed by atoms with van der Waals surface area (Å²) in [6.45, 7) is 0.320. The number of hydrogen-bond acceptors (Lipinski definition) is 3. The number of ether oxygens (including phenoxy) is 2. The third-order valence-electron chi connectivity index (χ3n) is 3.83. The summed E-state index contributed by atoms with van der Waals surface area (Å²) in [6.07, 6.45) is -0.890. The SMILES string of the molecule is COc1ccc(/C=C/C(=O)NCCc2ccc(C(F)(F)F)cc2)cc1OC. The number of nitrogens with one attached hydrogen (secondary N) is 1. The first-order valence-corrected chi connectivity index (χ1v) is 8.17. The summed E-state index contributed by atoms with van der Waals surface area (Å²) >= 11 is 0. The van der Waals surface area contributed by atoms with Gasteiger partial charge in [-0.2, -0.15) is 13.2 Å². The van der Waals surface area contributed by atoms with Crippen LogP contribution in [0.15, 0.2) is 48.5 Å². The van der Waals surface area contributed by atoms with Crippen LogP contribution in [0, 0.1) is 0 Å². The van der Waals surface area contributed by atoms with Gasteiger partial charge in [-0.15, -0.1) is 0 Å². The zero-order valence-electron chi connectivity index (χ0n) is 15.0. The second kappa shape index (κ2) is 9.12. The normalized spacial score (nSPS) is 11.4. The predicted octanol–water partition coefficient (Wildman–Crippen LogP) is 4.09. The molecule has 4 nitrogen and oxygen atoms in total. The van der Waals surface area contributed by atoms with Crippen LogP contribution in [0.1, 0.15) is 16.7 Å². The number of halogens is 3. The van der Waals surface area contributed by atoms with E-state index in [-0.39, 0.29) is 5.91 Å². The summed E-state index contributed by atoms with van der Waals surface area (Å²) in [5.41, 5.74) is 0.797. The van der Waals surface area contributed by atoms with E-state index in [0.29, 0.717) is 30.0 Å². The maximum Gasteiger partial charge on any atom is 0.416 e. The lowest BCUT2D eigenvalue weighted by molar-refractivity contribution is -0.137. The molecule has 2 rings (SSSR count). The quantitative estimate of drug-likeness (QED) is 0.737. The molecule has 0 aromatic heterocycles. The summed E-state index contributed by atoms with van der Waals surface area (Å²) in [4.78, 5) is 11.9. The number of carbonyl (C=O) groups excluding carboxylic acids is 1. The second-order valence-corrected chi connectivity index (χ2v) is 5.68. The molecule has 1 N–H and O–H groups in total. The molecule has 27 heavy (non-hydrogen) atoms. The molecular weight excluding hydrogens is 359 g/mol. The highest BCUT2D eigenvalue weighted by molar-refractivity contribution is 5.91. The van der Waals surface area contributed by atoms with Crippen LogP contribution in [0.25, 0.3) is 6.08 Å². The van der Waals surface area contributed by atoms with Crippen LogP contribution in [-0.2, 0) is 17.4 Å². The van der Waals surface area contributed by atoms with Crippen LogP contribution in [0.4, 0.5) is 13.2 Å². The molecule has 0 spiro atoms. The molecule has 0 bridgehead atoms. The zero-order valence-corrected chi connectivity index (χ0v) is 15.0. The number of carbonyl (C=O) groups is 1. The van der Waals surface area contributed by atoms with Gasteiger partial charge in [0.15, 0.2) is 11.5 Å². The van der Waals surface area contributed by atoms with Gasteiger partial charge in [-0.1, -0.05) is 18.2 Å². The van der Waals surface area contributed by atoms with E-state index >= 15 is 0 Å². The van der Waals surface area contributed by atoms with Crippen LogP contribution in [0.5, 0.6) is 11.5 Å². The van der Waals surface area contributed by atoms with Crippen molar-refractivity contribution in [2.45, 2.75) is 12.6 Å². The van der Waals surface area contributed by atoms with Crippen molar-refractivity contribution in [3.05, 3.63) is 65.2 Å². The summed E-state index contributed by atoms with van der Waals surface area (Å²) in [6, 6.07) is 10.2. The Morgan fingerprint density at radius 3 is 2.30 bits per heavy atom. The third kappa shape index (κ3) is 6.06. The first-order valence-electron chi connectivity index (χ1n) is 8.17. The van der Waals surface area contributed by atoms with Gasteiger partial charge < -0.3 is 14.8 Å². The summed E-state index contributed by atoms with van der Waals surface area (Å²) in [5, 5.41) is 2.69. The van der Waals surface area contributed by atoms with E-state index in [0.717, 1.165) is 17.7 Å². The van der Waals surface area contributed by atoms with Crippen molar-refractivity contribution in [2.75, 3.05) is 20.8 Å². The maximum atomic E-state index is 12.5. The molecule has 0 aliphatic carbocycles. The van der Waals surface area contributed by atoms with Gasteiger partial charge in [-0.25, -0.2) is 0 Å². The van der Waals surface area contributed by atoms with Crippen LogP contribution in [0.3, 0.4) is 0 Å². The molecule has 0 atom stereocenters. The van der Waals surface area contributed by atoms with E-state index in [1.165, 1.54) is 32.4 Å². The number of alkyl halides is 3. The number of amides is 1. The van der Waals surface area contributed by atoms with E-state index in [1.54, 1.807) is 24.3 Å². The Labute approximate surface area is 155 Å². The minimum Gasteiger partial charge on any atom is -0.493 e. The fourth-order valence-electron chi connectivity index (χ4n) is 2.38. The van der Waals surface area contributed by atoms with Crippen molar-refractivity contribution in [3.63, 3.8) is 0 Å². The molecule has 0 radical (unpaired) electrons. The van der Waals surface area contributed by atoms with Gasteiger partial charge in [0.2, 0.25) is 5.91 Å². The summed E-state index contributed by atoms with van der Waals surface area (Å²) in [5.74, 6) is 0.856. The first-order chi connectivity index (χ1) is 12.8. The highest BCUT2D eigenvalue weighted by Crippen LogP contribution is 2.29. The van der Waals surface area contributed by atoms with Crippen molar-refractivity contribution < 1.29 is 27.4 Å². The van der Waals surface area contributed by atoms with Crippen molar-refractivity contribution in [2.24, 2.45) is 0 Å². The molecule has 7 heteroatoms. The summed E-state index contributed by atoms with van der Waals surface area (Å²) in [7, 11) is 3.07. The molecule has 0 fully saturated rings. The molecule has 0 aliphatic rings. The lowest BCUT2D eigenvalue weighted by Crippen LogP contribution is -2.23. The van der Waals surface area contributed by atoms with E-state index < -0.39 is 11.7 Å². The largest absolute Gasteiger partial charge is 0.493 e. The monoisotopic (exact) mass is 379 g/mol. The van der Waals surface area contributed by atoms with Crippen molar-refractivity contribution in [3.8, 4) is 11.5 Å². The van der Waals surface area contributed by atoms with E-state index in [1.807, 2.05) is 0 Å². The second-order valence-electron chi connectivity index (χ2n) is 5.68. The molecule has 2 aromatic rings. The van der Waals surface area contributed by atoms with Gasteiger partial charge in [-0.3, -0.25) is 4.79 Å². The number of rotatable bonds is 7. The van der Waals surface area contributed by atoms with Crippen molar-refractivity contribution in [1.82, 2.24) is 5.32 Å². The Morgan fingerprint density at radius 2 is 1.70 bits per heavy atom. The number of hydrogen-bond donors (Lipinski definition) is 1. The minimum absolute atomic E-state index is 0.295. The standard InChI is InChI=1S/C20H20F3NO3/c1-26-17-9-5-15(13-18(17)27-2)6-10-19(25)24-12-11-14-3-7-16(8-4-14)20(21,22)23/h3-10,13H,11-12H2,1-2H3,(H,24,25)/b10-6+. The Bertz CT molecular complexity index is 799. The average Bonchev–Trinajstić information content (AvgIpc) is 2.65. The van der Waals surface area contributed by atoms with E-state index in [9.17, 15) is 18.0 Å². The molecule has 1 amide bonds. The average molecular weight is 379 g/mol. The Hall–Kier alpha value is -2.96. The Morgan fingerprint density at radius 1 is 1.04 bits per heavy atom. The van der Waals surface area contributed by atoms with Crippen LogP contribution in [0.2, 0.25) is 0 Å². The van der Waals surface area contributed by atoms with Gasteiger partial charge in [-0.05, 0) is 47.9 Å². The van der Waals surface area contributed by atoms with E-state index in [4.69, 9.17) is 9.47 Å². The number of methoxy groups -OCH3 is 2. The van der Waals surface area contributed by atoms with Gasteiger partial charge in [0.25, 0.3) is 0 Å². The molecular formula is C20H20F3NO3. The van der Waals surface area contributed by atoms with Crippen LogP contribution < -0.4 is 14.8 Å². The Kier molecular flexibility index (Phi) is 6.87. The van der Waals surface area contributed by atoms with Gasteiger partial charge >= 0.3 is 6.18 Å². The summed E-state index contributed by atoms with van der Waals surface area (Å²) < 4.78 is 47.9. The minimum atomic E-state index is -4.35. The first kappa shape index (κ1) is 20.4. The molecule has 0 aliphatic heterocycles. The molecule has 0 unspecified atom stereocenters. The smallest absolute Gasteiger partial charge is 0.416 e. The molecule has 2 aromatic carbocycles. The zero-order chi connectivity index (χ0) is 19.9. The maximum absolute atomic E-state index is 12.5. The fraction of sp³-hybridized carbons (Fsp3) is 0.250. The van der Waals surface area contributed by atoms with Crippen molar-refractivity contribution in [1.29, 1.82) is 0 Å². The van der Waals surface area contributed by atoms with Crippen LogP contribution in [-0.4, -0.2) is 26.7 Å². The highest BCUT2D eigenvalue weighted by atomic mass is 19.4. The van der Waals surface area contributed by atoms with Crippen molar-refractivity contribution >= 4 is 12.0 Å². The lowest BCUT2D eigenvalue weighted by atomic mass is 10.1. The molecule has 144 valence electrons. The number of benzene rings is 2. The molecule has 0 saturated heterocycles. The van der Waals surface area contributed by atoms with Gasteiger partial charge in [0.05, 0.1) is 19.8 Å². The lowest BCUT2D eigenvalue weighted by Gasteiger charge is -2.08.